The van der Waals surface area contributed by atoms with Crippen LogP contribution >= 0.6 is 0 Å². The zero-order chi connectivity index (χ0) is 21.0. The Morgan fingerprint density at radius 1 is 0.966 bits per heavy atom. The Morgan fingerprint density at radius 2 is 1.66 bits per heavy atom. The van der Waals surface area contributed by atoms with Crippen LogP contribution in [-0.4, -0.2) is 41.3 Å². The molecular formula is C21H22N2O5S. The van der Waals surface area contributed by atoms with Crippen molar-refractivity contribution in [3.05, 3.63) is 60.7 Å². The first-order chi connectivity index (χ1) is 13.8. The molecule has 0 fully saturated rings. The molecule has 1 amide bonds. The van der Waals surface area contributed by atoms with Crippen LogP contribution in [0.5, 0.6) is 11.5 Å². The molecule has 0 aliphatic carbocycles. The van der Waals surface area contributed by atoms with E-state index in [0.29, 0.717) is 22.9 Å². The summed E-state index contributed by atoms with van der Waals surface area (Å²) in [6, 6.07) is 17.9. The van der Waals surface area contributed by atoms with Gasteiger partial charge in [0.05, 0.1) is 26.2 Å². The largest absolute Gasteiger partial charge is 0.493 e. The quantitative estimate of drug-likeness (QED) is 0.641. The summed E-state index contributed by atoms with van der Waals surface area (Å²) >= 11 is 0. The number of methoxy groups -OCH3 is 2. The number of nitrogens with one attached hydrogen (secondary N) is 1. The summed E-state index contributed by atoms with van der Waals surface area (Å²) in [4.78, 5) is 12.7. The topological polar surface area (TPSA) is 84.9 Å². The highest BCUT2D eigenvalue weighted by molar-refractivity contribution is 7.92. The number of amides is 1. The number of anilines is 2. The van der Waals surface area contributed by atoms with Crippen LogP contribution in [-0.2, 0) is 14.8 Å². The summed E-state index contributed by atoms with van der Waals surface area (Å²) in [6.45, 7) is -0.377. The van der Waals surface area contributed by atoms with Gasteiger partial charge in [-0.25, -0.2) is 8.42 Å². The molecule has 3 rings (SSSR count). The standard InChI is InChI=1S/C21H22N2O5S/c1-27-19-12-11-16(13-20(19)28-2)23(29(3,25)26)14-21(24)22-18-10-6-8-15-7-4-5-9-17(15)18/h4-13H,14H2,1-3H3,(H,22,24). The van der Waals surface area contributed by atoms with Crippen LogP contribution in [0.4, 0.5) is 11.4 Å². The van der Waals surface area contributed by atoms with Gasteiger partial charge in [-0.1, -0.05) is 36.4 Å². The molecule has 152 valence electrons. The second kappa shape index (κ2) is 8.40. The molecule has 0 aliphatic heterocycles. The van der Waals surface area contributed by atoms with Gasteiger partial charge in [-0.15, -0.1) is 0 Å². The fraction of sp³-hybridized carbons (Fsp3) is 0.190. The number of ether oxygens (including phenoxy) is 2. The fourth-order valence-electron chi connectivity index (χ4n) is 3.03. The summed E-state index contributed by atoms with van der Waals surface area (Å²) in [7, 11) is -0.769. The number of sulfonamides is 1. The average molecular weight is 414 g/mol. The zero-order valence-electron chi connectivity index (χ0n) is 16.4. The lowest BCUT2D eigenvalue weighted by Crippen LogP contribution is -2.37. The molecule has 0 aliphatic rings. The molecule has 0 bridgehead atoms. The van der Waals surface area contributed by atoms with E-state index < -0.39 is 15.9 Å². The number of hydrogen-bond acceptors (Lipinski definition) is 5. The van der Waals surface area contributed by atoms with E-state index >= 15 is 0 Å². The van der Waals surface area contributed by atoms with Crippen LogP contribution in [0.25, 0.3) is 10.8 Å². The van der Waals surface area contributed by atoms with Gasteiger partial charge >= 0.3 is 0 Å². The van der Waals surface area contributed by atoms with Gasteiger partial charge in [-0.2, -0.15) is 0 Å². The highest BCUT2D eigenvalue weighted by Gasteiger charge is 2.22. The molecule has 8 heteroatoms. The highest BCUT2D eigenvalue weighted by Crippen LogP contribution is 2.32. The van der Waals surface area contributed by atoms with Gasteiger partial charge in [0.25, 0.3) is 0 Å². The van der Waals surface area contributed by atoms with Crippen molar-refractivity contribution < 1.29 is 22.7 Å². The second-order valence-corrected chi connectivity index (χ2v) is 8.29. The Balaban J connectivity index is 1.89. The lowest BCUT2D eigenvalue weighted by molar-refractivity contribution is -0.114. The van der Waals surface area contributed by atoms with Crippen molar-refractivity contribution in [3.63, 3.8) is 0 Å². The third-order valence-corrected chi connectivity index (χ3v) is 5.55. The molecule has 3 aromatic rings. The number of nitrogens with zero attached hydrogens (tertiary/aromatic N) is 1. The van der Waals surface area contributed by atoms with Gasteiger partial charge in [0.15, 0.2) is 11.5 Å². The molecule has 0 saturated heterocycles. The summed E-state index contributed by atoms with van der Waals surface area (Å²) in [5, 5.41) is 4.66. The minimum atomic E-state index is -3.72. The predicted molar refractivity (Wildman–Crippen MR) is 114 cm³/mol. The molecule has 1 N–H and O–H groups in total. The molecule has 0 aromatic heterocycles. The van der Waals surface area contributed by atoms with E-state index in [1.165, 1.54) is 20.3 Å². The van der Waals surface area contributed by atoms with E-state index in [2.05, 4.69) is 5.32 Å². The molecular weight excluding hydrogens is 392 g/mol. The van der Waals surface area contributed by atoms with Crippen molar-refractivity contribution in [2.24, 2.45) is 0 Å². The third kappa shape index (κ3) is 4.60. The second-order valence-electron chi connectivity index (χ2n) is 6.38. The normalized spacial score (nSPS) is 11.1. The minimum absolute atomic E-state index is 0.304. The Kier molecular flexibility index (Phi) is 5.93. The van der Waals surface area contributed by atoms with Crippen molar-refractivity contribution in [1.82, 2.24) is 0 Å². The van der Waals surface area contributed by atoms with Crippen LogP contribution in [0, 0.1) is 0 Å². The maximum atomic E-state index is 12.7. The lowest BCUT2D eigenvalue weighted by atomic mass is 10.1. The number of benzene rings is 3. The van der Waals surface area contributed by atoms with Crippen molar-refractivity contribution >= 4 is 38.1 Å². The van der Waals surface area contributed by atoms with Crippen LogP contribution < -0.4 is 19.1 Å². The molecule has 0 unspecified atom stereocenters. The smallest absolute Gasteiger partial charge is 0.245 e. The Bertz CT molecular complexity index is 1140. The van der Waals surface area contributed by atoms with Gasteiger partial charge in [-0.05, 0) is 23.6 Å². The molecule has 0 spiro atoms. The maximum Gasteiger partial charge on any atom is 0.245 e. The number of carbonyl (C=O) groups is 1. The first-order valence-corrected chi connectivity index (χ1v) is 10.7. The Morgan fingerprint density at radius 3 is 2.34 bits per heavy atom. The van der Waals surface area contributed by atoms with Crippen LogP contribution in [0.15, 0.2) is 60.7 Å². The summed E-state index contributed by atoms with van der Waals surface area (Å²) in [5.41, 5.74) is 0.923. The highest BCUT2D eigenvalue weighted by atomic mass is 32.2. The third-order valence-electron chi connectivity index (χ3n) is 4.41. The fourth-order valence-corrected chi connectivity index (χ4v) is 3.88. The van der Waals surface area contributed by atoms with Crippen molar-refractivity contribution in [1.29, 1.82) is 0 Å². The van der Waals surface area contributed by atoms with Crippen molar-refractivity contribution in [2.45, 2.75) is 0 Å². The maximum absolute atomic E-state index is 12.7. The number of rotatable bonds is 7. The van der Waals surface area contributed by atoms with E-state index in [0.717, 1.165) is 21.3 Å². The van der Waals surface area contributed by atoms with E-state index in [9.17, 15) is 13.2 Å². The van der Waals surface area contributed by atoms with Crippen molar-refractivity contribution in [2.75, 3.05) is 36.6 Å². The van der Waals surface area contributed by atoms with Crippen molar-refractivity contribution in [3.8, 4) is 11.5 Å². The number of fused-ring (bicyclic) bond motifs is 1. The molecule has 0 atom stereocenters. The summed E-state index contributed by atoms with van der Waals surface area (Å²) in [6.07, 6.45) is 1.05. The van der Waals surface area contributed by atoms with E-state index in [-0.39, 0.29) is 6.54 Å². The molecule has 0 heterocycles. The average Bonchev–Trinajstić information content (AvgIpc) is 2.71. The lowest BCUT2D eigenvalue weighted by Gasteiger charge is -2.23. The van der Waals surface area contributed by atoms with Gasteiger partial charge in [0, 0.05) is 17.1 Å². The minimum Gasteiger partial charge on any atom is -0.493 e. The Hall–Kier alpha value is -3.26. The van der Waals surface area contributed by atoms with Gasteiger partial charge < -0.3 is 14.8 Å². The molecule has 0 saturated carbocycles. The number of hydrogen-bond donors (Lipinski definition) is 1. The monoisotopic (exact) mass is 414 g/mol. The summed E-state index contributed by atoms with van der Waals surface area (Å²) < 4.78 is 36.2. The van der Waals surface area contributed by atoms with Gasteiger partial charge in [0.1, 0.15) is 6.54 Å². The predicted octanol–water partition coefficient (Wildman–Crippen LogP) is 3.26. The van der Waals surface area contributed by atoms with Crippen LogP contribution in [0.2, 0.25) is 0 Å². The molecule has 3 aromatic carbocycles. The first-order valence-electron chi connectivity index (χ1n) is 8.81. The van der Waals surface area contributed by atoms with E-state index in [4.69, 9.17) is 9.47 Å². The van der Waals surface area contributed by atoms with E-state index in [1.54, 1.807) is 18.2 Å². The van der Waals surface area contributed by atoms with Gasteiger partial charge in [-0.3, -0.25) is 9.10 Å². The van der Waals surface area contributed by atoms with Gasteiger partial charge in [0.2, 0.25) is 15.9 Å². The first kappa shape index (κ1) is 20.5. The van der Waals surface area contributed by atoms with Crippen LogP contribution in [0.1, 0.15) is 0 Å². The number of carbonyl (C=O) groups excluding carboxylic acids is 1. The summed E-state index contributed by atoms with van der Waals surface area (Å²) in [5.74, 6) is 0.375. The molecule has 0 radical (unpaired) electrons. The van der Waals surface area contributed by atoms with Crippen LogP contribution in [0.3, 0.4) is 0 Å². The SMILES string of the molecule is COc1ccc(N(CC(=O)Nc2cccc3ccccc23)S(C)(=O)=O)cc1OC. The molecule has 29 heavy (non-hydrogen) atoms. The molecule has 7 nitrogen and oxygen atoms in total. The Labute approximate surface area is 169 Å². The van der Waals surface area contributed by atoms with E-state index in [1.807, 2.05) is 36.4 Å². The zero-order valence-corrected chi connectivity index (χ0v) is 17.2.